The van der Waals surface area contributed by atoms with E-state index in [0.29, 0.717) is 13.1 Å². The number of carbonyl (C=O) groups is 2. The molecular weight excluding hydrogens is 344 g/mol. The zero-order valence-corrected chi connectivity index (χ0v) is 14.2. The van der Waals surface area contributed by atoms with Crippen LogP contribution in [0.5, 0.6) is 0 Å². The average Bonchev–Trinajstić information content (AvgIpc) is 3.19. The second-order valence-electron chi connectivity index (χ2n) is 5.00. The molecule has 0 saturated carbocycles. The number of ether oxygens (including phenoxy) is 1. The van der Waals surface area contributed by atoms with Crippen LogP contribution in [0.25, 0.3) is 0 Å². The third kappa shape index (κ3) is 3.89. The molecular formula is C13H18N2O6S2. The molecule has 23 heavy (non-hydrogen) atoms. The number of hydrogen-bond acceptors (Lipinski definition) is 6. The SMILES string of the molecule is COC(CNC(=O)c1sccc1S(=O)(=O)N1CCCC1)C(=O)O. The largest absolute Gasteiger partial charge is 0.479 e. The van der Waals surface area contributed by atoms with Gasteiger partial charge in [0.2, 0.25) is 10.0 Å². The van der Waals surface area contributed by atoms with Crippen molar-refractivity contribution >= 4 is 33.2 Å². The number of nitrogens with zero attached hydrogens (tertiary/aromatic N) is 1. The van der Waals surface area contributed by atoms with Crippen molar-refractivity contribution in [3.8, 4) is 0 Å². The first-order valence-electron chi connectivity index (χ1n) is 6.99. The molecule has 1 saturated heterocycles. The lowest BCUT2D eigenvalue weighted by molar-refractivity contribution is -0.148. The number of carbonyl (C=O) groups excluding carboxylic acids is 1. The fraction of sp³-hybridized carbons (Fsp3) is 0.538. The summed E-state index contributed by atoms with van der Waals surface area (Å²) in [6.07, 6.45) is 0.426. The maximum absolute atomic E-state index is 12.6. The fourth-order valence-corrected chi connectivity index (χ4v) is 5.10. The first-order chi connectivity index (χ1) is 10.9. The summed E-state index contributed by atoms with van der Waals surface area (Å²) in [4.78, 5) is 23.1. The summed E-state index contributed by atoms with van der Waals surface area (Å²) in [5.74, 6) is -1.83. The van der Waals surface area contributed by atoms with Crippen molar-refractivity contribution in [3.05, 3.63) is 16.3 Å². The van der Waals surface area contributed by atoms with Gasteiger partial charge in [0.15, 0.2) is 6.10 Å². The van der Waals surface area contributed by atoms with Crippen LogP contribution >= 0.6 is 11.3 Å². The van der Waals surface area contributed by atoms with Gasteiger partial charge in [-0.15, -0.1) is 11.3 Å². The Morgan fingerprint density at radius 1 is 1.43 bits per heavy atom. The number of thiophene rings is 1. The third-order valence-electron chi connectivity index (χ3n) is 3.53. The maximum atomic E-state index is 12.6. The molecule has 8 nitrogen and oxygen atoms in total. The lowest BCUT2D eigenvalue weighted by Crippen LogP contribution is -2.38. The van der Waals surface area contributed by atoms with Gasteiger partial charge in [0, 0.05) is 20.2 Å². The standard InChI is InChI=1S/C13H18N2O6S2/c1-21-9(13(17)18)8-14-12(16)11-10(4-7-22-11)23(19,20)15-5-2-3-6-15/h4,7,9H,2-3,5-6,8H2,1H3,(H,14,16)(H,17,18). The first kappa shape index (κ1) is 17.9. The molecule has 0 aromatic carbocycles. The van der Waals surface area contributed by atoms with Crippen molar-refractivity contribution in [1.82, 2.24) is 9.62 Å². The molecule has 2 heterocycles. The van der Waals surface area contributed by atoms with Gasteiger partial charge >= 0.3 is 5.97 Å². The topological polar surface area (TPSA) is 113 Å². The predicted molar refractivity (Wildman–Crippen MR) is 83.1 cm³/mol. The second kappa shape index (κ2) is 7.39. The summed E-state index contributed by atoms with van der Waals surface area (Å²) in [6, 6.07) is 1.40. The minimum absolute atomic E-state index is 0.0359. The molecule has 0 aliphatic carbocycles. The van der Waals surface area contributed by atoms with E-state index in [-0.39, 0.29) is 16.3 Å². The van der Waals surface area contributed by atoms with Crippen molar-refractivity contribution in [1.29, 1.82) is 0 Å². The summed E-state index contributed by atoms with van der Waals surface area (Å²) in [5, 5.41) is 12.8. The Kier molecular flexibility index (Phi) is 5.74. The molecule has 128 valence electrons. The molecule has 1 unspecified atom stereocenters. The Morgan fingerprint density at radius 2 is 2.09 bits per heavy atom. The molecule has 1 aromatic rings. The van der Waals surface area contributed by atoms with Crippen LogP contribution in [0.3, 0.4) is 0 Å². The van der Waals surface area contributed by atoms with E-state index in [1.165, 1.54) is 22.9 Å². The number of methoxy groups -OCH3 is 1. The Labute approximate surface area is 138 Å². The molecule has 0 spiro atoms. The molecule has 1 atom stereocenters. The van der Waals surface area contributed by atoms with E-state index < -0.39 is 28.0 Å². The van der Waals surface area contributed by atoms with Crippen LogP contribution in [0, 0.1) is 0 Å². The van der Waals surface area contributed by atoms with Gasteiger partial charge in [-0.2, -0.15) is 4.31 Å². The van der Waals surface area contributed by atoms with E-state index >= 15 is 0 Å². The van der Waals surface area contributed by atoms with E-state index in [1.807, 2.05) is 0 Å². The normalized spacial score (nSPS) is 17.1. The Balaban J connectivity index is 2.14. The predicted octanol–water partition coefficient (Wildman–Crippen LogP) is 0.362. The molecule has 10 heteroatoms. The average molecular weight is 362 g/mol. The molecule has 0 bridgehead atoms. The van der Waals surface area contributed by atoms with Crippen molar-refractivity contribution in [2.45, 2.75) is 23.8 Å². The smallest absolute Gasteiger partial charge is 0.334 e. The molecule has 2 N–H and O–H groups in total. The van der Waals surface area contributed by atoms with Crippen molar-refractivity contribution in [2.24, 2.45) is 0 Å². The number of amides is 1. The number of hydrogen-bond donors (Lipinski definition) is 2. The third-order valence-corrected chi connectivity index (χ3v) is 6.51. The van der Waals surface area contributed by atoms with E-state index in [0.717, 1.165) is 24.2 Å². The lowest BCUT2D eigenvalue weighted by atomic mass is 10.3. The summed E-state index contributed by atoms with van der Waals surface area (Å²) in [5.41, 5.74) is 0. The van der Waals surface area contributed by atoms with Crippen molar-refractivity contribution in [3.63, 3.8) is 0 Å². The number of rotatable bonds is 7. The molecule has 0 radical (unpaired) electrons. The number of sulfonamides is 1. The van der Waals surface area contributed by atoms with E-state index in [2.05, 4.69) is 5.32 Å². The summed E-state index contributed by atoms with van der Waals surface area (Å²) in [7, 11) is -2.47. The van der Waals surface area contributed by atoms with Crippen LogP contribution in [0.15, 0.2) is 16.3 Å². The molecule has 1 fully saturated rings. The number of carboxylic acids is 1. The van der Waals surface area contributed by atoms with Crippen LogP contribution in [0.4, 0.5) is 0 Å². The molecule has 1 aliphatic heterocycles. The summed E-state index contributed by atoms with van der Waals surface area (Å²) in [6.45, 7) is 0.653. The van der Waals surface area contributed by atoms with Gasteiger partial charge in [0.25, 0.3) is 5.91 Å². The van der Waals surface area contributed by atoms with Crippen LogP contribution in [-0.2, 0) is 19.6 Å². The van der Waals surface area contributed by atoms with Crippen LogP contribution in [-0.4, -0.2) is 62.6 Å². The van der Waals surface area contributed by atoms with Gasteiger partial charge in [0.1, 0.15) is 9.77 Å². The number of nitrogens with one attached hydrogen (secondary N) is 1. The zero-order chi connectivity index (χ0) is 17.0. The van der Waals surface area contributed by atoms with Crippen molar-refractivity contribution in [2.75, 3.05) is 26.7 Å². The van der Waals surface area contributed by atoms with Crippen LogP contribution < -0.4 is 5.32 Å². The lowest BCUT2D eigenvalue weighted by Gasteiger charge is -2.16. The van der Waals surface area contributed by atoms with E-state index in [1.54, 1.807) is 0 Å². The van der Waals surface area contributed by atoms with E-state index in [4.69, 9.17) is 9.84 Å². The Morgan fingerprint density at radius 3 is 2.65 bits per heavy atom. The second-order valence-corrected chi connectivity index (χ2v) is 7.82. The van der Waals surface area contributed by atoms with Crippen LogP contribution in [0.2, 0.25) is 0 Å². The van der Waals surface area contributed by atoms with Gasteiger partial charge in [-0.3, -0.25) is 4.79 Å². The molecule has 1 aromatic heterocycles. The fourth-order valence-electron chi connectivity index (χ4n) is 2.27. The highest BCUT2D eigenvalue weighted by atomic mass is 32.2. The van der Waals surface area contributed by atoms with Gasteiger partial charge in [-0.1, -0.05) is 0 Å². The highest BCUT2D eigenvalue weighted by Gasteiger charge is 2.32. The van der Waals surface area contributed by atoms with Crippen molar-refractivity contribution < 1.29 is 27.9 Å². The highest BCUT2D eigenvalue weighted by molar-refractivity contribution is 7.89. The Bertz CT molecular complexity index is 678. The van der Waals surface area contributed by atoms with Gasteiger partial charge in [-0.05, 0) is 24.3 Å². The molecule has 1 amide bonds. The molecule has 2 rings (SSSR count). The Hall–Kier alpha value is -1.49. The summed E-state index contributed by atoms with van der Waals surface area (Å²) >= 11 is 1.00. The number of aliphatic carboxylic acids is 1. The first-order valence-corrected chi connectivity index (χ1v) is 9.31. The summed E-state index contributed by atoms with van der Waals surface area (Å²) < 4.78 is 31.2. The van der Waals surface area contributed by atoms with E-state index in [9.17, 15) is 18.0 Å². The molecule has 1 aliphatic rings. The quantitative estimate of drug-likeness (QED) is 0.724. The van der Waals surface area contributed by atoms with Gasteiger partial charge in [0.05, 0.1) is 6.54 Å². The zero-order valence-electron chi connectivity index (χ0n) is 12.5. The van der Waals surface area contributed by atoms with Crippen LogP contribution in [0.1, 0.15) is 22.5 Å². The highest BCUT2D eigenvalue weighted by Crippen LogP contribution is 2.27. The van der Waals surface area contributed by atoms with Gasteiger partial charge in [-0.25, -0.2) is 13.2 Å². The van der Waals surface area contributed by atoms with Gasteiger partial charge < -0.3 is 15.2 Å². The maximum Gasteiger partial charge on any atom is 0.334 e. The monoisotopic (exact) mass is 362 g/mol. The number of carboxylic acid groups (broad SMARTS) is 1. The minimum Gasteiger partial charge on any atom is -0.479 e. The minimum atomic E-state index is -3.70.